The minimum Gasteiger partial charge on any atom is -0.456 e. The van der Waals surface area contributed by atoms with E-state index in [1.54, 1.807) is 0 Å². The lowest BCUT2D eigenvalue weighted by Gasteiger charge is -2.30. The lowest BCUT2D eigenvalue weighted by atomic mass is 9.87. The van der Waals surface area contributed by atoms with Gasteiger partial charge in [0, 0.05) is 27.7 Å². The van der Waals surface area contributed by atoms with Gasteiger partial charge in [0.2, 0.25) is 0 Å². The van der Waals surface area contributed by atoms with E-state index >= 15 is 0 Å². The van der Waals surface area contributed by atoms with Gasteiger partial charge in [0.05, 0.1) is 5.69 Å². The zero-order valence-corrected chi connectivity index (χ0v) is 29.6. The standard InChI is InChI=1S/C52H35NO/c1-3-16-37(17-4-1)43-21-9-10-22-46(43)51-44(38-18-5-2-6-19-38)24-13-26-48(51)53(42-34-29-36-15-7-8-20-40(36)35-42)41-32-30-39(31-33-41)45-25-14-28-50-52(45)47-23-11-12-27-49(47)54-50/h1-35H. The van der Waals surface area contributed by atoms with Crippen molar-refractivity contribution in [3.05, 3.63) is 212 Å². The molecule has 0 unspecified atom stereocenters. The highest BCUT2D eigenvalue weighted by atomic mass is 16.3. The molecule has 0 saturated heterocycles. The molecule has 10 rings (SSSR count). The second kappa shape index (κ2) is 13.4. The number of rotatable bonds is 7. The van der Waals surface area contributed by atoms with Crippen molar-refractivity contribution in [3.63, 3.8) is 0 Å². The number of anilines is 3. The molecule has 2 heteroatoms. The van der Waals surface area contributed by atoms with Crippen molar-refractivity contribution >= 4 is 49.8 Å². The highest BCUT2D eigenvalue weighted by Gasteiger charge is 2.23. The minimum atomic E-state index is 0.898. The molecule has 0 radical (unpaired) electrons. The predicted octanol–water partition coefficient (Wildman–Crippen LogP) is 14.9. The van der Waals surface area contributed by atoms with Crippen LogP contribution < -0.4 is 4.90 Å². The van der Waals surface area contributed by atoms with Gasteiger partial charge in [-0.25, -0.2) is 0 Å². The molecule has 0 N–H and O–H groups in total. The Balaban J connectivity index is 1.22. The van der Waals surface area contributed by atoms with Crippen molar-refractivity contribution in [1.82, 2.24) is 0 Å². The first-order valence-electron chi connectivity index (χ1n) is 18.4. The smallest absolute Gasteiger partial charge is 0.136 e. The molecule has 0 spiro atoms. The fourth-order valence-corrected chi connectivity index (χ4v) is 7.99. The summed E-state index contributed by atoms with van der Waals surface area (Å²) >= 11 is 0. The second-order valence-corrected chi connectivity index (χ2v) is 13.7. The van der Waals surface area contributed by atoms with Crippen LogP contribution in [0, 0.1) is 0 Å². The van der Waals surface area contributed by atoms with E-state index in [-0.39, 0.29) is 0 Å². The van der Waals surface area contributed by atoms with Crippen molar-refractivity contribution in [2.45, 2.75) is 0 Å². The zero-order chi connectivity index (χ0) is 35.8. The molecule has 0 atom stereocenters. The van der Waals surface area contributed by atoms with Crippen molar-refractivity contribution in [1.29, 1.82) is 0 Å². The van der Waals surface area contributed by atoms with E-state index in [2.05, 4.69) is 205 Å². The molecule has 1 heterocycles. The van der Waals surface area contributed by atoms with Gasteiger partial charge in [-0.3, -0.25) is 0 Å². The molecular weight excluding hydrogens is 655 g/mol. The van der Waals surface area contributed by atoms with E-state index < -0.39 is 0 Å². The molecule has 2 nitrogen and oxygen atoms in total. The maximum atomic E-state index is 6.26. The molecule has 0 saturated carbocycles. The molecule has 9 aromatic carbocycles. The number of para-hydroxylation sites is 1. The summed E-state index contributed by atoms with van der Waals surface area (Å²) in [5.74, 6) is 0. The summed E-state index contributed by atoms with van der Waals surface area (Å²) in [6.07, 6.45) is 0. The fraction of sp³-hybridized carbons (Fsp3) is 0. The van der Waals surface area contributed by atoms with Gasteiger partial charge in [-0.15, -0.1) is 0 Å². The number of furan rings is 1. The second-order valence-electron chi connectivity index (χ2n) is 13.7. The van der Waals surface area contributed by atoms with Gasteiger partial charge in [-0.1, -0.05) is 170 Å². The summed E-state index contributed by atoms with van der Waals surface area (Å²) in [4.78, 5) is 2.42. The number of nitrogens with zero attached hydrogens (tertiary/aromatic N) is 1. The van der Waals surface area contributed by atoms with E-state index in [0.29, 0.717) is 0 Å². The van der Waals surface area contributed by atoms with Crippen molar-refractivity contribution < 1.29 is 4.42 Å². The summed E-state index contributed by atoms with van der Waals surface area (Å²) in [6.45, 7) is 0. The molecule has 0 aliphatic rings. The number of benzene rings is 9. The quantitative estimate of drug-likeness (QED) is 0.166. The summed E-state index contributed by atoms with van der Waals surface area (Å²) in [6, 6.07) is 76.0. The molecule has 1 aromatic heterocycles. The molecular formula is C52H35NO. The third-order valence-electron chi connectivity index (χ3n) is 10.5. The fourth-order valence-electron chi connectivity index (χ4n) is 7.99. The van der Waals surface area contributed by atoms with E-state index in [1.807, 2.05) is 12.1 Å². The molecule has 0 fully saturated rings. The van der Waals surface area contributed by atoms with E-state index in [0.717, 1.165) is 50.1 Å². The maximum Gasteiger partial charge on any atom is 0.136 e. The van der Waals surface area contributed by atoms with Crippen molar-refractivity contribution in [2.75, 3.05) is 4.90 Å². The van der Waals surface area contributed by atoms with Crippen LogP contribution >= 0.6 is 0 Å². The minimum absolute atomic E-state index is 0.898. The summed E-state index contributed by atoms with van der Waals surface area (Å²) in [7, 11) is 0. The number of fused-ring (bicyclic) bond motifs is 4. The number of hydrogen-bond donors (Lipinski definition) is 0. The monoisotopic (exact) mass is 689 g/mol. The normalized spacial score (nSPS) is 11.3. The zero-order valence-electron chi connectivity index (χ0n) is 29.6. The Morgan fingerprint density at radius 2 is 0.889 bits per heavy atom. The number of hydrogen-bond acceptors (Lipinski definition) is 2. The Morgan fingerprint density at radius 3 is 1.69 bits per heavy atom. The third kappa shape index (κ3) is 5.53. The van der Waals surface area contributed by atoms with Crippen LogP contribution in [-0.2, 0) is 0 Å². The maximum absolute atomic E-state index is 6.26. The van der Waals surface area contributed by atoms with Gasteiger partial charge in [0.15, 0.2) is 0 Å². The predicted molar refractivity (Wildman–Crippen MR) is 228 cm³/mol. The summed E-state index contributed by atoms with van der Waals surface area (Å²) in [5.41, 5.74) is 14.4. The molecule has 0 aliphatic heterocycles. The average molecular weight is 690 g/mol. The highest BCUT2D eigenvalue weighted by molar-refractivity contribution is 6.12. The first kappa shape index (κ1) is 31.6. The summed E-state index contributed by atoms with van der Waals surface area (Å²) in [5, 5.41) is 4.68. The van der Waals surface area contributed by atoms with E-state index in [4.69, 9.17) is 4.42 Å². The van der Waals surface area contributed by atoms with Gasteiger partial charge in [0.25, 0.3) is 0 Å². The first-order chi connectivity index (χ1) is 26.8. The van der Waals surface area contributed by atoms with Crippen LogP contribution in [0.1, 0.15) is 0 Å². The lowest BCUT2D eigenvalue weighted by Crippen LogP contribution is -2.12. The van der Waals surface area contributed by atoms with E-state index in [1.165, 1.54) is 44.2 Å². The van der Waals surface area contributed by atoms with Gasteiger partial charge in [-0.05, 0) is 92.2 Å². The van der Waals surface area contributed by atoms with Crippen LogP contribution in [0.3, 0.4) is 0 Å². The van der Waals surface area contributed by atoms with E-state index in [9.17, 15) is 0 Å². The molecule has 0 aliphatic carbocycles. The Morgan fingerprint density at radius 1 is 0.333 bits per heavy atom. The molecule has 0 amide bonds. The van der Waals surface area contributed by atoms with Gasteiger partial charge >= 0.3 is 0 Å². The Kier molecular flexibility index (Phi) is 7.85. The van der Waals surface area contributed by atoms with Crippen LogP contribution in [0.4, 0.5) is 17.1 Å². The largest absolute Gasteiger partial charge is 0.456 e. The lowest BCUT2D eigenvalue weighted by molar-refractivity contribution is 0.669. The molecule has 10 aromatic rings. The van der Waals surface area contributed by atoms with Gasteiger partial charge in [-0.2, -0.15) is 0 Å². The van der Waals surface area contributed by atoms with Gasteiger partial charge in [0.1, 0.15) is 11.2 Å². The SMILES string of the molecule is c1ccc(-c2ccccc2-c2c(-c3ccccc3)cccc2N(c2ccc(-c3cccc4oc5ccccc5c34)cc2)c2ccc3ccccc3c2)cc1. The van der Waals surface area contributed by atoms with Crippen LogP contribution in [0.2, 0.25) is 0 Å². The van der Waals surface area contributed by atoms with Crippen LogP contribution in [0.5, 0.6) is 0 Å². The molecule has 54 heavy (non-hydrogen) atoms. The third-order valence-corrected chi connectivity index (χ3v) is 10.5. The highest BCUT2D eigenvalue weighted by Crippen LogP contribution is 2.48. The van der Waals surface area contributed by atoms with Crippen LogP contribution in [0.15, 0.2) is 217 Å². The first-order valence-corrected chi connectivity index (χ1v) is 18.4. The Hall–Kier alpha value is -7.16. The van der Waals surface area contributed by atoms with Crippen molar-refractivity contribution in [3.8, 4) is 44.5 Å². The Bertz CT molecular complexity index is 2920. The van der Waals surface area contributed by atoms with Crippen LogP contribution in [-0.4, -0.2) is 0 Å². The molecule has 0 bridgehead atoms. The topological polar surface area (TPSA) is 16.4 Å². The van der Waals surface area contributed by atoms with Crippen LogP contribution in [0.25, 0.3) is 77.2 Å². The Labute approximate surface area is 314 Å². The average Bonchev–Trinajstić information content (AvgIpc) is 3.64. The summed E-state index contributed by atoms with van der Waals surface area (Å²) < 4.78 is 6.26. The molecule has 254 valence electrons. The van der Waals surface area contributed by atoms with Gasteiger partial charge < -0.3 is 9.32 Å². The van der Waals surface area contributed by atoms with Crippen molar-refractivity contribution in [2.24, 2.45) is 0 Å².